The Kier molecular flexibility index (Phi) is 6.84. The van der Waals surface area contributed by atoms with Gasteiger partial charge < -0.3 is 19.6 Å². The van der Waals surface area contributed by atoms with Gasteiger partial charge in [-0.2, -0.15) is 0 Å². The Morgan fingerprint density at radius 2 is 1.85 bits per heavy atom. The zero-order valence-electron chi connectivity index (χ0n) is 19.6. The van der Waals surface area contributed by atoms with E-state index in [1.54, 1.807) is 11.0 Å². The van der Waals surface area contributed by atoms with Crippen LogP contribution in [0.3, 0.4) is 0 Å². The molecule has 0 aliphatic carbocycles. The van der Waals surface area contributed by atoms with Crippen molar-refractivity contribution >= 4 is 17.4 Å². The molecule has 0 bridgehead atoms. The van der Waals surface area contributed by atoms with Crippen molar-refractivity contribution in [2.75, 3.05) is 26.2 Å². The van der Waals surface area contributed by atoms with Crippen molar-refractivity contribution < 1.29 is 19.4 Å². The van der Waals surface area contributed by atoms with Crippen LogP contribution in [0, 0.1) is 0 Å². The van der Waals surface area contributed by atoms with Gasteiger partial charge in [0, 0.05) is 18.5 Å². The fraction of sp³-hybridized carbons (Fsp3) is 0.407. The van der Waals surface area contributed by atoms with Crippen LogP contribution in [0.15, 0.2) is 54.1 Å². The molecule has 174 valence electrons. The summed E-state index contributed by atoms with van der Waals surface area (Å²) in [7, 11) is 0. The van der Waals surface area contributed by atoms with Gasteiger partial charge in [-0.3, -0.25) is 9.59 Å². The van der Waals surface area contributed by atoms with E-state index < -0.39 is 17.7 Å². The van der Waals surface area contributed by atoms with Crippen LogP contribution in [0.4, 0.5) is 0 Å². The molecule has 1 amide bonds. The maximum Gasteiger partial charge on any atom is 0.295 e. The molecule has 33 heavy (non-hydrogen) atoms. The third-order valence-corrected chi connectivity index (χ3v) is 6.59. The second-order valence-electron chi connectivity index (χ2n) is 8.74. The van der Waals surface area contributed by atoms with Gasteiger partial charge in [0.1, 0.15) is 17.6 Å². The number of hydrogen-bond acceptors (Lipinski definition) is 5. The second-order valence-corrected chi connectivity index (χ2v) is 8.74. The number of likely N-dealkylation sites (tertiary alicyclic amines) is 1. The number of carbonyl (C=O) groups excluding carboxylic acids is 2. The Hall–Kier alpha value is -3.12. The third-order valence-electron chi connectivity index (χ3n) is 6.59. The summed E-state index contributed by atoms with van der Waals surface area (Å²) < 4.78 is 5.76. The first kappa shape index (κ1) is 23.1. The van der Waals surface area contributed by atoms with E-state index >= 15 is 0 Å². The van der Waals surface area contributed by atoms with Crippen LogP contribution in [-0.4, -0.2) is 58.9 Å². The number of ether oxygens (including phenoxy) is 1. The van der Waals surface area contributed by atoms with Crippen molar-refractivity contribution in [3.63, 3.8) is 0 Å². The molecule has 1 N–H and O–H groups in total. The van der Waals surface area contributed by atoms with Gasteiger partial charge in [0.05, 0.1) is 11.6 Å². The van der Waals surface area contributed by atoms with Gasteiger partial charge >= 0.3 is 0 Å². The zero-order chi connectivity index (χ0) is 23.5. The lowest BCUT2D eigenvalue weighted by atomic mass is 9.94. The summed E-state index contributed by atoms with van der Waals surface area (Å²) in [4.78, 5) is 30.2. The summed E-state index contributed by atoms with van der Waals surface area (Å²) in [6, 6.07) is 14.3. The quantitative estimate of drug-likeness (QED) is 0.373. The number of hydrogen-bond donors (Lipinski definition) is 1. The van der Waals surface area contributed by atoms with Gasteiger partial charge in [-0.1, -0.05) is 44.2 Å². The molecule has 2 aliphatic heterocycles. The molecule has 0 unspecified atom stereocenters. The molecule has 0 spiro atoms. The molecule has 2 atom stereocenters. The molecule has 4 rings (SSSR count). The highest BCUT2D eigenvalue weighted by molar-refractivity contribution is 6.46. The minimum atomic E-state index is -0.630. The predicted octanol–water partition coefficient (Wildman–Crippen LogP) is 4.16. The third kappa shape index (κ3) is 4.53. The van der Waals surface area contributed by atoms with E-state index in [1.165, 1.54) is 0 Å². The molecule has 2 heterocycles. The number of ketones is 1. The van der Waals surface area contributed by atoms with Crippen LogP contribution >= 0.6 is 0 Å². The average molecular weight is 449 g/mol. The SMILES string of the molecule is CCN(CC)CCCN1C(=O)C(=O)/C(=C(/O)c2ccc3c(c2)C[C@@H](C)O3)[C@@H]1c1ccccc1. The number of Topliss-reactive ketones (excluding diaryl/α,β-unsaturated/α-hetero) is 1. The number of fused-ring (bicyclic) bond motifs is 1. The first-order valence-corrected chi connectivity index (χ1v) is 11.8. The largest absolute Gasteiger partial charge is 0.507 e. The molecule has 1 saturated heterocycles. The van der Waals surface area contributed by atoms with Gasteiger partial charge in [-0.05, 0) is 62.3 Å². The lowest BCUT2D eigenvalue weighted by Gasteiger charge is -2.26. The van der Waals surface area contributed by atoms with E-state index in [4.69, 9.17) is 4.74 Å². The highest BCUT2D eigenvalue weighted by Gasteiger charge is 2.45. The predicted molar refractivity (Wildman–Crippen MR) is 128 cm³/mol. The van der Waals surface area contributed by atoms with Crippen LogP contribution in [-0.2, 0) is 16.0 Å². The first-order valence-electron chi connectivity index (χ1n) is 11.8. The smallest absolute Gasteiger partial charge is 0.295 e. The van der Waals surface area contributed by atoms with E-state index in [1.807, 2.05) is 49.4 Å². The summed E-state index contributed by atoms with van der Waals surface area (Å²) in [5, 5.41) is 11.3. The van der Waals surface area contributed by atoms with E-state index in [0.717, 1.165) is 49.4 Å². The minimum Gasteiger partial charge on any atom is -0.507 e. The number of benzene rings is 2. The summed E-state index contributed by atoms with van der Waals surface area (Å²) in [6.07, 6.45) is 1.59. The van der Waals surface area contributed by atoms with Crippen molar-refractivity contribution in [2.24, 2.45) is 0 Å². The minimum absolute atomic E-state index is 0.0816. The Morgan fingerprint density at radius 1 is 1.12 bits per heavy atom. The van der Waals surface area contributed by atoms with Crippen LogP contribution in [0.2, 0.25) is 0 Å². The van der Waals surface area contributed by atoms with Crippen molar-refractivity contribution in [2.45, 2.75) is 45.8 Å². The van der Waals surface area contributed by atoms with Gasteiger partial charge in [0.15, 0.2) is 0 Å². The summed E-state index contributed by atoms with van der Waals surface area (Å²) in [5.41, 5.74) is 2.50. The van der Waals surface area contributed by atoms with Gasteiger partial charge in [0.2, 0.25) is 0 Å². The molecule has 1 fully saturated rings. The number of nitrogens with zero attached hydrogens (tertiary/aromatic N) is 2. The van der Waals surface area contributed by atoms with Gasteiger partial charge in [0.25, 0.3) is 11.7 Å². The number of aliphatic hydroxyl groups excluding tert-OH is 1. The molecule has 0 saturated carbocycles. The molecule has 2 aromatic carbocycles. The van der Waals surface area contributed by atoms with Crippen molar-refractivity contribution in [1.82, 2.24) is 9.80 Å². The topological polar surface area (TPSA) is 70.1 Å². The monoisotopic (exact) mass is 448 g/mol. The Morgan fingerprint density at radius 3 is 2.55 bits per heavy atom. The molecule has 2 aromatic rings. The van der Waals surface area contributed by atoms with E-state index in [-0.39, 0.29) is 17.4 Å². The molecule has 2 aliphatic rings. The summed E-state index contributed by atoms with van der Waals surface area (Å²) >= 11 is 0. The average Bonchev–Trinajstić information content (AvgIpc) is 3.32. The van der Waals surface area contributed by atoms with Crippen LogP contribution in [0.1, 0.15) is 49.9 Å². The normalized spacial score (nSPS) is 21.5. The van der Waals surface area contributed by atoms with E-state index in [9.17, 15) is 14.7 Å². The fourth-order valence-corrected chi connectivity index (χ4v) is 4.82. The van der Waals surface area contributed by atoms with Gasteiger partial charge in [-0.15, -0.1) is 0 Å². The fourth-order valence-electron chi connectivity index (χ4n) is 4.82. The highest BCUT2D eigenvalue weighted by atomic mass is 16.5. The zero-order valence-corrected chi connectivity index (χ0v) is 19.6. The summed E-state index contributed by atoms with van der Waals surface area (Å²) in [5.74, 6) is -0.510. The maximum absolute atomic E-state index is 13.2. The van der Waals surface area contributed by atoms with Crippen molar-refractivity contribution in [3.05, 3.63) is 70.8 Å². The number of amides is 1. The lowest BCUT2D eigenvalue weighted by Crippen LogP contribution is -2.33. The van der Waals surface area contributed by atoms with Crippen LogP contribution < -0.4 is 4.74 Å². The second kappa shape index (κ2) is 9.79. The van der Waals surface area contributed by atoms with Crippen molar-refractivity contribution in [1.29, 1.82) is 0 Å². The van der Waals surface area contributed by atoms with Crippen LogP contribution in [0.25, 0.3) is 5.76 Å². The first-order chi connectivity index (χ1) is 15.9. The summed E-state index contributed by atoms with van der Waals surface area (Å²) in [6.45, 7) is 9.41. The molecule has 0 radical (unpaired) electrons. The Bertz CT molecular complexity index is 1060. The number of rotatable bonds is 8. The Balaban J connectivity index is 1.71. The van der Waals surface area contributed by atoms with Crippen molar-refractivity contribution in [3.8, 4) is 5.75 Å². The van der Waals surface area contributed by atoms with Gasteiger partial charge in [-0.25, -0.2) is 0 Å². The molecule has 6 heteroatoms. The van der Waals surface area contributed by atoms with Crippen LogP contribution in [0.5, 0.6) is 5.75 Å². The molecular formula is C27H32N2O4. The number of carbonyl (C=O) groups is 2. The maximum atomic E-state index is 13.2. The highest BCUT2D eigenvalue weighted by Crippen LogP contribution is 2.40. The Labute approximate surface area is 195 Å². The van der Waals surface area contributed by atoms with E-state index in [2.05, 4.69) is 18.7 Å². The molecule has 6 nitrogen and oxygen atoms in total. The molecular weight excluding hydrogens is 416 g/mol. The molecule has 0 aromatic heterocycles. The number of aliphatic hydroxyl groups is 1. The lowest BCUT2D eigenvalue weighted by molar-refractivity contribution is -0.140. The van der Waals surface area contributed by atoms with E-state index in [0.29, 0.717) is 12.1 Å². The standard InChI is InChI=1S/C27H32N2O4/c1-4-28(5-2)14-9-15-29-24(19-10-7-6-8-11-19)23(26(31)27(29)32)25(30)20-12-13-22-21(17-20)16-18(3)33-22/h6-8,10-13,17-18,24,30H,4-5,9,14-16H2,1-3H3/b25-23+/t18-,24+/m1/s1.